The van der Waals surface area contributed by atoms with Crippen molar-refractivity contribution in [2.24, 2.45) is 0 Å². The Kier molecular flexibility index (Phi) is 3.74. The molecule has 1 amide bonds. The lowest BCUT2D eigenvalue weighted by atomic mass is 10.2. The van der Waals surface area contributed by atoms with Crippen LogP contribution in [0, 0.1) is 6.92 Å². The van der Waals surface area contributed by atoms with E-state index in [4.69, 9.17) is 10.3 Å². The quantitative estimate of drug-likeness (QED) is 0.851. The van der Waals surface area contributed by atoms with E-state index in [-0.39, 0.29) is 17.1 Å². The first-order valence-electron chi connectivity index (χ1n) is 5.64. The lowest BCUT2D eigenvalue weighted by Gasteiger charge is -2.11. The Bertz CT molecular complexity index is 667. The fraction of sp³-hybridized carbons (Fsp3) is 0.167. The lowest BCUT2D eigenvalue weighted by molar-refractivity contribution is -0.274. The topological polar surface area (TPSA) is 90.4 Å². The Balaban J connectivity index is 2.14. The summed E-state index contributed by atoms with van der Waals surface area (Å²) in [6.07, 6.45) is -4.85. The van der Waals surface area contributed by atoms with Crippen LogP contribution >= 0.6 is 0 Å². The minimum Gasteiger partial charge on any atom is -0.404 e. The van der Waals surface area contributed by atoms with Crippen LogP contribution in [0.1, 0.15) is 16.1 Å². The van der Waals surface area contributed by atoms with Gasteiger partial charge in [-0.05, 0) is 25.1 Å². The molecule has 0 aliphatic heterocycles. The SMILES string of the molecule is Cc1cc(NC(=O)c2ccc(OC(F)(F)F)c(N)c2)on1. The number of hydrogen-bond acceptors (Lipinski definition) is 5. The molecule has 0 aliphatic carbocycles. The summed E-state index contributed by atoms with van der Waals surface area (Å²) in [4.78, 5) is 11.9. The largest absolute Gasteiger partial charge is 0.573 e. The first kappa shape index (κ1) is 14.7. The van der Waals surface area contributed by atoms with Crippen molar-refractivity contribution in [2.75, 3.05) is 11.1 Å². The second-order valence-electron chi connectivity index (χ2n) is 4.09. The number of carbonyl (C=O) groups is 1. The Labute approximate surface area is 116 Å². The molecule has 1 heterocycles. The summed E-state index contributed by atoms with van der Waals surface area (Å²) in [6.45, 7) is 1.67. The van der Waals surface area contributed by atoms with Crippen LogP contribution < -0.4 is 15.8 Å². The maximum Gasteiger partial charge on any atom is 0.573 e. The summed E-state index contributed by atoms with van der Waals surface area (Å²) >= 11 is 0. The molecule has 0 aliphatic rings. The molecule has 112 valence electrons. The number of nitrogens with one attached hydrogen (secondary N) is 1. The van der Waals surface area contributed by atoms with Gasteiger partial charge in [0.15, 0.2) is 5.75 Å². The van der Waals surface area contributed by atoms with Gasteiger partial charge in [-0.15, -0.1) is 13.2 Å². The zero-order valence-electron chi connectivity index (χ0n) is 10.7. The van der Waals surface area contributed by atoms with E-state index in [0.29, 0.717) is 5.69 Å². The van der Waals surface area contributed by atoms with Crippen molar-refractivity contribution in [1.82, 2.24) is 5.16 Å². The van der Waals surface area contributed by atoms with Crippen molar-refractivity contribution in [3.63, 3.8) is 0 Å². The van der Waals surface area contributed by atoms with Gasteiger partial charge in [0.05, 0.1) is 11.4 Å². The molecule has 6 nitrogen and oxygen atoms in total. The molecule has 0 unspecified atom stereocenters. The van der Waals surface area contributed by atoms with Gasteiger partial charge >= 0.3 is 6.36 Å². The van der Waals surface area contributed by atoms with Crippen LogP contribution in [0.15, 0.2) is 28.8 Å². The minimum atomic E-state index is -4.85. The van der Waals surface area contributed by atoms with Gasteiger partial charge in [-0.1, -0.05) is 5.16 Å². The molecule has 3 N–H and O–H groups in total. The number of nitrogen functional groups attached to an aromatic ring is 1. The molecule has 0 fully saturated rings. The second-order valence-corrected chi connectivity index (χ2v) is 4.09. The normalized spacial score (nSPS) is 11.2. The van der Waals surface area contributed by atoms with Gasteiger partial charge in [0.25, 0.3) is 5.91 Å². The van der Waals surface area contributed by atoms with Crippen molar-refractivity contribution in [3.8, 4) is 5.75 Å². The van der Waals surface area contributed by atoms with Gasteiger partial charge in [0.2, 0.25) is 5.88 Å². The van der Waals surface area contributed by atoms with E-state index in [2.05, 4.69) is 15.2 Å². The Morgan fingerprint density at radius 1 is 1.38 bits per heavy atom. The molecule has 0 radical (unpaired) electrons. The molecule has 0 spiro atoms. The van der Waals surface area contributed by atoms with Crippen LogP contribution in [0.3, 0.4) is 0 Å². The highest BCUT2D eigenvalue weighted by atomic mass is 19.4. The Hall–Kier alpha value is -2.71. The number of benzene rings is 1. The van der Waals surface area contributed by atoms with Crippen molar-refractivity contribution in [2.45, 2.75) is 13.3 Å². The molecule has 2 aromatic rings. The number of nitrogens with two attached hydrogens (primary N) is 1. The Morgan fingerprint density at radius 2 is 2.10 bits per heavy atom. The predicted octanol–water partition coefficient (Wildman–Crippen LogP) is 2.72. The zero-order valence-corrected chi connectivity index (χ0v) is 10.7. The highest BCUT2D eigenvalue weighted by molar-refractivity contribution is 6.04. The summed E-state index contributed by atoms with van der Waals surface area (Å²) in [7, 11) is 0. The zero-order chi connectivity index (χ0) is 15.6. The maximum absolute atomic E-state index is 12.1. The Morgan fingerprint density at radius 3 is 2.62 bits per heavy atom. The number of carbonyl (C=O) groups excluding carboxylic acids is 1. The van der Waals surface area contributed by atoms with E-state index in [9.17, 15) is 18.0 Å². The summed E-state index contributed by atoms with van der Waals surface area (Å²) in [5.74, 6) is -1.06. The van der Waals surface area contributed by atoms with E-state index in [1.807, 2.05) is 0 Å². The van der Waals surface area contributed by atoms with Gasteiger partial charge < -0.3 is 15.0 Å². The third-order valence-electron chi connectivity index (χ3n) is 2.36. The molecule has 0 saturated carbocycles. The minimum absolute atomic E-state index is 0.0519. The molecule has 21 heavy (non-hydrogen) atoms. The number of rotatable bonds is 3. The molecule has 2 rings (SSSR count). The second kappa shape index (κ2) is 5.35. The standard InChI is InChI=1S/C12H10F3N3O3/c1-6-4-10(21-18-6)17-11(19)7-2-3-9(8(16)5-7)20-12(13,14)15/h2-5H,16H2,1H3,(H,17,19). The number of alkyl halides is 3. The molecule has 1 aromatic carbocycles. The lowest BCUT2D eigenvalue weighted by Crippen LogP contribution is -2.18. The molecule has 0 atom stereocenters. The van der Waals surface area contributed by atoms with Gasteiger partial charge in [-0.25, -0.2) is 0 Å². The highest BCUT2D eigenvalue weighted by Gasteiger charge is 2.32. The van der Waals surface area contributed by atoms with Crippen molar-refractivity contribution < 1.29 is 27.2 Å². The van der Waals surface area contributed by atoms with Crippen LogP contribution in [0.5, 0.6) is 5.75 Å². The maximum atomic E-state index is 12.1. The van der Waals surface area contributed by atoms with Crippen LogP contribution in [-0.2, 0) is 0 Å². The van der Waals surface area contributed by atoms with Gasteiger partial charge in [-0.3, -0.25) is 10.1 Å². The van der Waals surface area contributed by atoms with E-state index in [0.717, 1.165) is 18.2 Å². The highest BCUT2D eigenvalue weighted by Crippen LogP contribution is 2.29. The van der Waals surface area contributed by atoms with E-state index >= 15 is 0 Å². The van der Waals surface area contributed by atoms with Gasteiger partial charge in [-0.2, -0.15) is 0 Å². The number of hydrogen-bond donors (Lipinski definition) is 2. The number of ether oxygens (including phenoxy) is 1. The number of amides is 1. The summed E-state index contributed by atoms with van der Waals surface area (Å²) in [6, 6.07) is 4.67. The van der Waals surface area contributed by atoms with E-state index < -0.39 is 18.0 Å². The summed E-state index contributed by atoms with van der Waals surface area (Å²) in [5.41, 5.74) is 5.73. The average molecular weight is 301 g/mol. The number of nitrogens with zero attached hydrogens (tertiary/aromatic N) is 1. The van der Waals surface area contributed by atoms with Crippen LogP contribution in [0.25, 0.3) is 0 Å². The molecule has 0 saturated heterocycles. The van der Waals surface area contributed by atoms with Crippen molar-refractivity contribution in [1.29, 1.82) is 0 Å². The van der Waals surface area contributed by atoms with Crippen LogP contribution in [-0.4, -0.2) is 17.4 Å². The first-order valence-corrected chi connectivity index (χ1v) is 5.64. The van der Waals surface area contributed by atoms with Crippen molar-refractivity contribution >= 4 is 17.5 Å². The monoisotopic (exact) mass is 301 g/mol. The molecule has 9 heteroatoms. The smallest absolute Gasteiger partial charge is 0.404 e. The van der Waals surface area contributed by atoms with Crippen molar-refractivity contribution in [3.05, 3.63) is 35.5 Å². The predicted molar refractivity (Wildman–Crippen MR) is 66.7 cm³/mol. The van der Waals surface area contributed by atoms with E-state index in [1.54, 1.807) is 6.92 Å². The third-order valence-corrected chi connectivity index (χ3v) is 2.36. The summed E-state index contributed by atoms with van der Waals surface area (Å²) in [5, 5.41) is 5.96. The third kappa shape index (κ3) is 3.88. The fourth-order valence-corrected chi connectivity index (χ4v) is 1.51. The van der Waals surface area contributed by atoms with Gasteiger partial charge in [0, 0.05) is 11.6 Å². The molecular formula is C12H10F3N3O3. The first-order chi connectivity index (χ1) is 9.74. The number of aryl methyl sites for hydroxylation is 1. The van der Waals surface area contributed by atoms with Crippen LogP contribution in [0.4, 0.5) is 24.7 Å². The summed E-state index contributed by atoms with van der Waals surface area (Å²) < 4.78 is 44.8. The fourth-order valence-electron chi connectivity index (χ4n) is 1.51. The molecular weight excluding hydrogens is 291 g/mol. The van der Waals surface area contributed by atoms with Gasteiger partial charge in [0.1, 0.15) is 0 Å². The van der Waals surface area contributed by atoms with E-state index in [1.165, 1.54) is 6.07 Å². The average Bonchev–Trinajstić information content (AvgIpc) is 2.75. The number of anilines is 2. The molecule has 1 aromatic heterocycles. The number of aromatic nitrogens is 1. The molecule has 0 bridgehead atoms. The number of halogens is 3. The van der Waals surface area contributed by atoms with Crippen LogP contribution in [0.2, 0.25) is 0 Å².